The van der Waals surface area contributed by atoms with E-state index in [1.165, 1.54) is 4.90 Å². The summed E-state index contributed by atoms with van der Waals surface area (Å²) in [6.45, 7) is 3.67. The molecular weight excluding hydrogens is 280 g/mol. The van der Waals surface area contributed by atoms with Gasteiger partial charge in [-0.25, -0.2) is 13.2 Å². The Morgan fingerprint density at radius 3 is 2.70 bits per heavy atom. The summed E-state index contributed by atoms with van der Waals surface area (Å²) in [6.07, 6.45) is 0.500. The molecule has 1 aromatic rings. The summed E-state index contributed by atoms with van der Waals surface area (Å²) < 4.78 is 28.3. The highest BCUT2D eigenvalue weighted by molar-refractivity contribution is 7.91. The number of furan rings is 1. The average molecular weight is 300 g/mol. The Labute approximate surface area is 119 Å². The van der Waals surface area contributed by atoms with Gasteiger partial charge in [0.1, 0.15) is 11.5 Å². The molecule has 1 N–H and O–H groups in total. The van der Waals surface area contributed by atoms with Crippen molar-refractivity contribution in [3.05, 3.63) is 23.7 Å². The lowest BCUT2D eigenvalue weighted by molar-refractivity contribution is 0.190. The number of nitrogens with one attached hydrogen (secondary N) is 1. The van der Waals surface area contributed by atoms with Gasteiger partial charge < -0.3 is 14.6 Å². The van der Waals surface area contributed by atoms with Gasteiger partial charge in [-0.3, -0.25) is 0 Å². The smallest absolute Gasteiger partial charge is 0.318 e. The first-order valence-electron chi connectivity index (χ1n) is 6.58. The molecule has 20 heavy (non-hydrogen) atoms. The molecule has 2 rings (SSSR count). The lowest BCUT2D eigenvalue weighted by Crippen LogP contribution is -2.44. The Morgan fingerprint density at radius 1 is 1.50 bits per heavy atom. The minimum absolute atomic E-state index is 0.0468. The SMILES string of the molecule is Cc1ccc([C@H](C)NC(=O)N(C)[C@@H]2CCS(=O)(=O)C2)o1. The van der Waals surface area contributed by atoms with Crippen LogP contribution in [0.3, 0.4) is 0 Å². The van der Waals surface area contributed by atoms with Crippen molar-refractivity contribution in [2.75, 3.05) is 18.6 Å². The number of rotatable bonds is 3. The number of hydrogen-bond acceptors (Lipinski definition) is 4. The first-order chi connectivity index (χ1) is 9.28. The van der Waals surface area contributed by atoms with E-state index in [1.54, 1.807) is 7.05 Å². The van der Waals surface area contributed by atoms with Crippen LogP contribution >= 0.6 is 0 Å². The van der Waals surface area contributed by atoms with E-state index in [9.17, 15) is 13.2 Å². The first kappa shape index (κ1) is 14.9. The van der Waals surface area contributed by atoms with Gasteiger partial charge in [0.15, 0.2) is 9.84 Å². The van der Waals surface area contributed by atoms with Gasteiger partial charge in [-0.15, -0.1) is 0 Å². The molecule has 0 saturated carbocycles. The van der Waals surface area contributed by atoms with Crippen LogP contribution in [0.15, 0.2) is 16.5 Å². The highest BCUT2D eigenvalue weighted by Gasteiger charge is 2.33. The number of nitrogens with zero attached hydrogens (tertiary/aromatic N) is 1. The largest absolute Gasteiger partial charge is 0.464 e. The second-order valence-corrected chi connectivity index (χ2v) is 7.52. The molecule has 1 aliphatic rings. The Morgan fingerprint density at radius 2 is 2.20 bits per heavy atom. The lowest BCUT2D eigenvalue weighted by Gasteiger charge is -2.25. The third-order valence-corrected chi connectivity index (χ3v) is 5.35. The van der Waals surface area contributed by atoms with E-state index in [-0.39, 0.29) is 29.6 Å². The molecule has 0 aliphatic carbocycles. The van der Waals surface area contributed by atoms with Crippen LogP contribution in [-0.2, 0) is 9.84 Å². The van der Waals surface area contributed by atoms with Crippen molar-refractivity contribution in [3.63, 3.8) is 0 Å². The Bertz CT molecular complexity index is 593. The number of aryl methyl sites for hydroxylation is 1. The van der Waals surface area contributed by atoms with E-state index in [0.717, 1.165) is 5.76 Å². The number of urea groups is 1. The number of sulfone groups is 1. The summed E-state index contributed by atoms with van der Waals surface area (Å²) in [7, 11) is -1.37. The highest BCUT2D eigenvalue weighted by atomic mass is 32.2. The number of carbonyl (C=O) groups excluding carboxylic acids is 1. The standard InChI is InChI=1S/C13H20N2O4S/c1-9-4-5-12(19-9)10(2)14-13(16)15(3)11-6-7-20(17,18)8-11/h4-5,10-11H,6-8H2,1-3H3,(H,14,16)/t10-,11+/m0/s1. The second-order valence-electron chi connectivity index (χ2n) is 5.29. The summed E-state index contributed by atoms with van der Waals surface area (Å²) in [5.74, 6) is 1.67. The van der Waals surface area contributed by atoms with Crippen molar-refractivity contribution in [2.24, 2.45) is 0 Å². The predicted octanol–water partition coefficient (Wildman–Crippen LogP) is 1.48. The monoisotopic (exact) mass is 300 g/mol. The van der Waals surface area contributed by atoms with Crippen LogP contribution in [0.2, 0.25) is 0 Å². The van der Waals surface area contributed by atoms with Gasteiger partial charge in [-0.05, 0) is 32.4 Å². The Hall–Kier alpha value is -1.50. The summed E-state index contributed by atoms with van der Waals surface area (Å²) >= 11 is 0. The molecule has 1 aliphatic heterocycles. The van der Waals surface area contributed by atoms with Gasteiger partial charge >= 0.3 is 6.03 Å². The fourth-order valence-electron chi connectivity index (χ4n) is 2.29. The molecule has 0 unspecified atom stereocenters. The third-order valence-electron chi connectivity index (χ3n) is 3.60. The molecule has 7 heteroatoms. The zero-order valence-corrected chi connectivity index (χ0v) is 12.7. The molecule has 6 nitrogen and oxygen atoms in total. The van der Waals surface area contributed by atoms with Crippen molar-refractivity contribution in [3.8, 4) is 0 Å². The molecule has 1 aromatic heterocycles. The van der Waals surface area contributed by atoms with E-state index in [4.69, 9.17) is 4.42 Å². The van der Waals surface area contributed by atoms with E-state index < -0.39 is 9.84 Å². The van der Waals surface area contributed by atoms with Crippen LogP contribution < -0.4 is 5.32 Å². The summed E-state index contributed by atoms with van der Waals surface area (Å²) in [5, 5.41) is 2.81. The van der Waals surface area contributed by atoms with Gasteiger partial charge in [-0.1, -0.05) is 0 Å². The molecule has 0 bridgehead atoms. The van der Waals surface area contributed by atoms with Crippen LogP contribution in [-0.4, -0.2) is 43.9 Å². The minimum Gasteiger partial charge on any atom is -0.464 e. The van der Waals surface area contributed by atoms with E-state index >= 15 is 0 Å². The predicted molar refractivity (Wildman–Crippen MR) is 75.2 cm³/mol. The Kier molecular flexibility index (Phi) is 4.08. The van der Waals surface area contributed by atoms with Crippen LogP contribution in [0.1, 0.15) is 30.9 Å². The molecule has 1 saturated heterocycles. The molecule has 112 valence electrons. The summed E-state index contributed by atoms with van der Waals surface area (Å²) in [6, 6.07) is 2.88. The molecule has 1 fully saturated rings. The maximum absolute atomic E-state index is 12.1. The van der Waals surface area contributed by atoms with Gasteiger partial charge in [-0.2, -0.15) is 0 Å². The number of hydrogen-bond donors (Lipinski definition) is 1. The van der Waals surface area contributed by atoms with E-state index in [0.29, 0.717) is 12.2 Å². The Balaban J connectivity index is 1.94. The molecule has 0 radical (unpaired) electrons. The summed E-state index contributed by atoms with van der Waals surface area (Å²) in [5.41, 5.74) is 0. The van der Waals surface area contributed by atoms with Gasteiger partial charge in [0.25, 0.3) is 0 Å². The lowest BCUT2D eigenvalue weighted by atomic mass is 10.2. The average Bonchev–Trinajstić information content (AvgIpc) is 2.94. The number of carbonyl (C=O) groups is 1. The van der Waals surface area contributed by atoms with Crippen molar-refractivity contribution in [1.29, 1.82) is 0 Å². The summed E-state index contributed by atoms with van der Waals surface area (Å²) in [4.78, 5) is 13.6. The van der Waals surface area contributed by atoms with E-state index in [1.807, 2.05) is 26.0 Å². The maximum Gasteiger partial charge on any atom is 0.318 e. The van der Waals surface area contributed by atoms with Crippen LogP contribution in [0, 0.1) is 6.92 Å². The van der Waals surface area contributed by atoms with Crippen LogP contribution in [0.5, 0.6) is 0 Å². The molecule has 2 amide bonds. The van der Waals surface area contributed by atoms with Crippen LogP contribution in [0.4, 0.5) is 4.79 Å². The molecular formula is C13H20N2O4S. The fraction of sp³-hybridized carbons (Fsp3) is 0.615. The van der Waals surface area contributed by atoms with Gasteiger partial charge in [0.2, 0.25) is 0 Å². The molecule has 0 aromatic carbocycles. The molecule has 2 heterocycles. The normalized spacial score (nSPS) is 22.4. The first-order valence-corrected chi connectivity index (χ1v) is 8.41. The fourth-order valence-corrected chi connectivity index (χ4v) is 4.07. The van der Waals surface area contributed by atoms with Crippen molar-refractivity contribution >= 4 is 15.9 Å². The molecule has 0 spiro atoms. The van der Waals surface area contributed by atoms with Gasteiger partial charge in [0, 0.05) is 13.1 Å². The van der Waals surface area contributed by atoms with Crippen LogP contribution in [0.25, 0.3) is 0 Å². The topological polar surface area (TPSA) is 79.6 Å². The van der Waals surface area contributed by atoms with E-state index in [2.05, 4.69) is 5.32 Å². The highest BCUT2D eigenvalue weighted by Crippen LogP contribution is 2.19. The zero-order chi connectivity index (χ0) is 14.9. The third kappa shape index (κ3) is 3.33. The minimum atomic E-state index is -2.99. The zero-order valence-electron chi connectivity index (χ0n) is 11.9. The van der Waals surface area contributed by atoms with Gasteiger partial charge in [0.05, 0.1) is 17.5 Å². The quantitative estimate of drug-likeness (QED) is 0.917. The maximum atomic E-state index is 12.1. The van der Waals surface area contributed by atoms with Crippen molar-refractivity contribution in [2.45, 2.75) is 32.4 Å². The van der Waals surface area contributed by atoms with Crippen molar-refractivity contribution in [1.82, 2.24) is 10.2 Å². The molecule has 2 atom stereocenters. The number of amides is 2. The van der Waals surface area contributed by atoms with Crippen molar-refractivity contribution < 1.29 is 17.6 Å². The second kappa shape index (κ2) is 5.47.